The van der Waals surface area contributed by atoms with Gasteiger partial charge in [0.1, 0.15) is 0 Å². The molecule has 0 spiro atoms. The van der Waals surface area contributed by atoms with Crippen LogP contribution in [0, 0.1) is 5.41 Å². The molecule has 98 valence electrons. The zero-order valence-electron chi connectivity index (χ0n) is 11.4. The quantitative estimate of drug-likeness (QED) is 0.787. The second kappa shape index (κ2) is 5.18. The summed E-state index contributed by atoms with van der Waals surface area (Å²) in [6.07, 6.45) is 2.31. The Bertz CT molecular complexity index is 535. The highest BCUT2D eigenvalue weighted by Gasteiger charge is 2.37. The third-order valence-corrected chi connectivity index (χ3v) is 4.23. The van der Waals surface area contributed by atoms with Gasteiger partial charge in [-0.05, 0) is 29.5 Å². The normalized spacial score (nSPS) is 16.9. The van der Waals surface area contributed by atoms with Crippen LogP contribution in [0.3, 0.4) is 0 Å². The third-order valence-electron chi connectivity index (χ3n) is 4.23. The summed E-state index contributed by atoms with van der Waals surface area (Å²) in [5.41, 5.74) is 4.48. The Morgan fingerprint density at radius 2 is 1.63 bits per heavy atom. The van der Waals surface area contributed by atoms with Crippen molar-refractivity contribution in [3.05, 3.63) is 60.2 Å². The minimum Gasteiger partial charge on any atom is -0.380 e. The van der Waals surface area contributed by atoms with E-state index in [0.717, 1.165) is 19.6 Å². The van der Waals surface area contributed by atoms with E-state index < -0.39 is 0 Å². The monoisotopic (exact) mass is 252 g/mol. The molecule has 0 saturated carbocycles. The summed E-state index contributed by atoms with van der Waals surface area (Å²) in [6.45, 7) is 4.09. The van der Waals surface area contributed by atoms with Crippen LogP contribution in [0.1, 0.15) is 18.9 Å². The number of rotatable bonds is 4. The van der Waals surface area contributed by atoms with Crippen molar-refractivity contribution < 1.29 is 4.74 Å². The van der Waals surface area contributed by atoms with Crippen LogP contribution in [-0.4, -0.2) is 13.2 Å². The van der Waals surface area contributed by atoms with Gasteiger partial charge in [0.25, 0.3) is 0 Å². The van der Waals surface area contributed by atoms with Gasteiger partial charge in [-0.1, -0.05) is 61.5 Å². The highest BCUT2D eigenvalue weighted by molar-refractivity contribution is 5.67. The molecule has 0 unspecified atom stereocenters. The van der Waals surface area contributed by atoms with Gasteiger partial charge in [0.2, 0.25) is 0 Å². The standard InChI is InChI=1S/C18H20O/c1-2-18(13-19-14-18)12-16-10-6-7-11-17(16)15-8-4-3-5-9-15/h3-11H,2,12-14H2,1H3. The van der Waals surface area contributed by atoms with Gasteiger partial charge in [-0.15, -0.1) is 0 Å². The van der Waals surface area contributed by atoms with Crippen LogP contribution < -0.4 is 0 Å². The topological polar surface area (TPSA) is 9.23 Å². The van der Waals surface area contributed by atoms with Crippen molar-refractivity contribution in [1.29, 1.82) is 0 Å². The predicted molar refractivity (Wildman–Crippen MR) is 79.1 cm³/mol. The van der Waals surface area contributed by atoms with E-state index in [1.165, 1.54) is 23.1 Å². The van der Waals surface area contributed by atoms with Crippen molar-refractivity contribution >= 4 is 0 Å². The number of hydrogen-bond donors (Lipinski definition) is 0. The second-order valence-corrected chi connectivity index (χ2v) is 5.55. The molecule has 1 fully saturated rings. The molecule has 1 aliphatic rings. The molecule has 2 aromatic rings. The van der Waals surface area contributed by atoms with Crippen LogP contribution in [-0.2, 0) is 11.2 Å². The fraction of sp³-hybridized carbons (Fsp3) is 0.333. The molecule has 1 heteroatoms. The summed E-state index contributed by atoms with van der Waals surface area (Å²) in [5.74, 6) is 0. The maximum Gasteiger partial charge on any atom is 0.0547 e. The molecule has 3 rings (SSSR count). The van der Waals surface area contributed by atoms with Gasteiger partial charge in [-0.25, -0.2) is 0 Å². The molecule has 0 bridgehead atoms. The molecular weight excluding hydrogens is 232 g/mol. The molecular formula is C18H20O. The summed E-state index contributed by atoms with van der Waals surface area (Å²) in [5, 5.41) is 0. The largest absolute Gasteiger partial charge is 0.380 e. The molecule has 0 N–H and O–H groups in total. The lowest BCUT2D eigenvalue weighted by atomic mass is 9.76. The van der Waals surface area contributed by atoms with Crippen molar-refractivity contribution in [3.63, 3.8) is 0 Å². The lowest BCUT2D eigenvalue weighted by molar-refractivity contribution is -0.114. The van der Waals surface area contributed by atoms with Crippen LogP contribution in [0.2, 0.25) is 0 Å². The average molecular weight is 252 g/mol. The highest BCUT2D eigenvalue weighted by atomic mass is 16.5. The Labute approximate surface area is 115 Å². The lowest BCUT2D eigenvalue weighted by Gasteiger charge is -2.41. The van der Waals surface area contributed by atoms with E-state index in [4.69, 9.17) is 4.74 Å². The van der Waals surface area contributed by atoms with Crippen LogP contribution >= 0.6 is 0 Å². The molecule has 1 nitrogen and oxygen atoms in total. The van der Waals surface area contributed by atoms with Gasteiger partial charge in [-0.3, -0.25) is 0 Å². The molecule has 19 heavy (non-hydrogen) atoms. The van der Waals surface area contributed by atoms with Crippen LogP contribution in [0.5, 0.6) is 0 Å². The van der Waals surface area contributed by atoms with E-state index in [1.54, 1.807) is 0 Å². The fourth-order valence-corrected chi connectivity index (χ4v) is 2.80. The smallest absolute Gasteiger partial charge is 0.0547 e. The average Bonchev–Trinajstić information content (AvgIpc) is 2.44. The maximum atomic E-state index is 5.45. The first-order chi connectivity index (χ1) is 9.33. The first-order valence-electron chi connectivity index (χ1n) is 7.04. The van der Waals surface area contributed by atoms with Gasteiger partial charge >= 0.3 is 0 Å². The van der Waals surface area contributed by atoms with Crippen molar-refractivity contribution in [1.82, 2.24) is 0 Å². The number of benzene rings is 2. The SMILES string of the molecule is CCC1(Cc2ccccc2-c2ccccc2)COC1. The van der Waals surface area contributed by atoms with Crippen molar-refractivity contribution in [2.75, 3.05) is 13.2 Å². The number of ether oxygens (including phenoxy) is 1. The molecule has 0 atom stereocenters. The van der Waals surface area contributed by atoms with Crippen molar-refractivity contribution in [2.24, 2.45) is 5.41 Å². The van der Waals surface area contributed by atoms with E-state index in [1.807, 2.05) is 0 Å². The summed E-state index contributed by atoms with van der Waals surface area (Å²) in [6, 6.07) is 19.4. The van der Waals surface area contributed by atoms with E-state index in [0.29, 0.717) is 5.41 Å². The molecule has 1 heterocycles. The number of hydrogen-bond acceptors (Lipinski definition) is 1. The molecule has 1 saturated heterocycles. The van der Waals surface area contributed by atoms with Gasteiger partial charge in [-0.2, -0.15) is 0 Å². The molecule has 2 aromatic carbocycles. The minimum atomic E-state index is 0.366. The molecule has 0 aliphatic carbocycles. The first-order valence-corrected chi connectivity index (χ1v) is 7.04. The summed E-state index contributed by atoms with van der Waals surface area (Å²) in [7, 11) is 0. The van der Waals surface area contributed by atoms with E-state index in [9.17, 15) is 0 Å². The molecule has 0 amide bonds. The first kappa shape index (κ1) is 12.4. The Morgan fingerprint density at radius 1 is 0.947 bits per heavy atom. The van der Waals surface area contributed by atoms with Crippen LogP contribution in [0.4, 0.5) is 0 Å². The Morgan fingerprint density at radius 3 is 2.26 bits per heavy atom. The van der Waals surface area contributed by atoms with E-state index >= 15 is 0 Å². The highest BCUT2D eigenvalue weighted by Crippen LogP contribution is 2.37. The Balaban J connectivity index is 1.94. The van der Waals surface area contributed by atoms with Crippen molar-refractivity contribution in [3.8, 4) is 11.1 Å². The molecule has 0 radical (unpaired) electrons. The van der Waals surface area contributed by atoms with Gasteiger partial charge in [0.15, 0.2) is 0 Å². The van der Waals surface area contributed by atoms with E-state index in [-0.39, 0.29) is 0 Å². The van der Waals surface area contributed by atoms with Crippen LogP contribution in [0.25, 0.3) is 11.1 Å². The summed E-state index contributed by atoms with van der Waals surface area (Å²) < 4.78 is 5.45. The Kier molecular flexibility index (Phi) is 3.39. The zero-order chi connectivity index (χ0) is 13.1. The zero-order valence-corrected chi connectivity index (χ0v) is 11.4. The van der Waals surface area contributed by atoms with Crippen LogP contribution in [0.15, 0.2) is 54.6 Å². The fourth-order valence-electron chi connectivity index (χ4n) is 2.80. The Hall–Kier alpha value is -1.60. The summed E-state index contributed by atoms with van der Waals surface area (Å²) >= 11 is 0. The van der Waals surface area contributed by atoms with E-state index in [2.05, 4.69) is 61.5 Å². The predicted octanol–water partition coefficient (Wildman–Crippen LogP) is 4.32. The summed E-state index contributed by atoms with van der Waals surface area (Å²) in [4.78, 5) is 0. The van der Waals surface area contributed by atoms with Gasteiger partial charge in [0, 0.05) is 5.41 Å². The van der Waals surface area contributed by atoms with Crippen molar-refractivity contribution in [2.45, 2.75) is 19.8 Å². The minimum absolute atomic E-state index is 0.366. The maximum absolute atomic E-state index is 5.45. The lowest BCUT2D eigenvalue weighted by Crippen LogP contribution is -2.43. The second-order valence-electron chi connectivity index (χ2n) is 5.55. The van der Waals surface area contributed by atoms with Gasteiger partial charge in [0.05, 0.1) is 13.2 Å². The van der Waals surface area contributed by atoms with Gasteiger partial charge < -0.3 is 4.74 Å². The molecule has 0 aromatic heterocycles. The third kappa shape index (κ3) is 2.43. The molecule has 1 aliphatic heterocycles.